The van der Waals surface area contributed by atoms with Gasteiger partial charge in [-0.15, -0.1) is 0 Å². The van der Waals surface area contributed by atoms with E-state index in [9.17, 15) is 0 Å². The van der Waals surface area contributed by atoms with Gasteiger partial charge in [0.1, 0.15) is 0 Å². The van der Waals surface area contributed by atoms with E-state index in [2.05, 4.69) is 16.3 Å². The molecule has 1 heterocycles. The van der Waals surface area contributed by atoms with Crippen LogP contribution >= 0.6 is 11.9 Å². The van der Waals surface area contributed by atoms with Crippen LogP contribution < -0.4 is 10.0 Å². The summed E-state index contributed by atoms with van der Waals surface area (Å²) in [4.78, 5) is 0. The van der Waals surface area contributed by atoms with E-state index in [1.165, 1.54) is 13.0 Å². The predicted molar refractivity (Wildman–Crippen MR) is 37.9 cm³/mol. The van der Waals surface area contributed by atoms with E-state index in [0.717, 1.165) is 6.54 Å². The minimum absolute atomic E-state index is 0.713. The van der Waals surface area contributed by atoms with Gasteiger partial charge in [0.2, 0.25) is 0 Å². The molecule has 1 atom stereocenters. The summed E-state index contributed by atoms with van der Waals surface area (Å²) in [7, 11) is 0. The number of rotatable bonds is 2. The Bertz CT molecular complexity index is 61.4. The fourth-order valence-corrected chi connectivity index (χ4v) is 1.46. The average Bonchev–Trinajstić information content (AvgIpc) is 2.19. The van der Waals surface area contributed by atoms with Crippen molar-refractivity contribution in [2.45, 2.75) is 12.5 Å². The molecule has 2 nitrogen and oxygen atoms in total. The number of hydrogen-bond donors (Lipinski definition) is 2. The molecule has 0 saturated carbocycles. The molecule has 3 heteroatoms. The summed E-state index contributed by atoms with van der Waals surface area (Å²) in [6.07, 6.45) is 3.35. The molecule has 0 aliphatic carbocycles. The summed E-state index contributed by atoms with van der Waals surface area (Å²) in [5.41, 5.74) is 0. The summed E-state index contributed by atoms with van der Waals surface area (Å²) in [6, 6.07) is 0.713. The maximum absolute atomic E-state index is 3.30. The van der Waals surface area contributed by atoms with Crippen molar-refractivity contribution in [3.8, 4) is 0 Å². The normalized spacial score (nSPS) is 28.9. The average molecular weight is 132 g/mol. The quantitative estimate of drug-likeness (QED) is 0.525. The van der Waals surface area contributed by atoms with Crippen molar-refractivity contribution in [3.63, 3.8) is 0 Å². The van der Waals surface area contributed by atoms with Gasteiger partial charge < -0.3 is 5.32 Å². The fraction of sp³-hybridized carbons (Fsp3) is 1.00. The Morgan fingerprint density at radius 3 is 3.12 bits per heavy atom. The van der Waals surface area contributed by atoms with E-state index in [0.29, 0.717) is 6.04 Å². The fourth-order valence-electron chi connectivity index (χ4n) is 0.922. The Labute approximate surface area is 54.6 Å². The lowest BCUT2D eigenvalue weighted by Crippen LogP contribution is -2.24. The Morgan fingerprint density at radius 1 is 1.75 bits per heavy atom. The highest BCUT2D eigenvalue weighted by molar-refractivity contribution is 7.96. The molecule has 0 aromatic rings. The molecule has 0 unspecified atom stereocenters. The highest BCUT2D eigenvalue weighted by Crippen LogP contribution is 1.99. The van der Waals surface area contributed by atoms with E-state index in [1.807, 2.05) is 0 Å². The third-order valence-electron chi connectivity index (χ3n) is 1.34. The van der Waals surface area contributed by atoms with Gasteiger partial charge in [0.15, 0.2) is 0 Å². The molecule has 1 saturated heterocycles. The zero-order chi connectivity index (χ0) is 5.82. The van der Waals surface area contributed by atoms with Crippen LogP contribution in [0.5, 0.6) is 0 Å². The van der Waals surface area contributed by atoms with Crippen LogP contribution in [0.3, 0.4) is 0 Å². The predicted octanol–water partition coefficient (Wildman–Crippen LogP) is 0.216. The minimum Gasteiger partial charge on any atom is -0.315 e. The van der Waals surface area contributed by atoms with Crippen LogP contribution in [0.15, 0.2) is 0 Å². The highest BCUT2D eigenvalue weighted by Gasteiger charge is 2.11. The van der Waals surface area contributed by atoms with Gasteiger partial charge >= 0.3 is 0 Å². The van der Waals surface area contributed by atoms with Crippen molar-refractivity contribution in [1.82, 2.24) is 10.0 Å². The lowest BCUT2D eigenvalue weighted by molar-refractivity contribution is 0.694. The third-order valence-corrected chi connectivity index (χ3v) is 1.91. The molecule has 0 amide bonds. The largest absolute Gasteiger partial charge is 0.315 e. The summed E-state index contributed by atoms with van der Waals surface area (Å²) in [6.45, 7) is 2.32. The summed E-state index contributed by atoms with van der Waals surface area (Å²) >= 11 is 1.71. The second kappa shape index (κ2) is 3.33. The van der Waals surface area contributed by atoms with E-state index in [4.69, 9.17) is 0 Å². The lowest BCUT2D eigenvalue weighted by atomic mass is 10.3. The van der Waals surface area contributed by atoms with Gasteiger partial charge in [0.25, 0.3) is 0 Å². The van der Waals surface area contributed by atoms with Gasteiger partial charge in [-0.2, -0.15) is 0 Å². The molecule has 0 bridgehead atoms. The van der Waals surface area contributed by atoms with Crippen molar-refractivity contribution in [3.05, 3.63) is 0 Å². The Balaban J connectivity index is 2.06. The first kappa shape index (κ1) is 6.39. The van der Waals surface area contributed by atoms with E-state index < -0.39 is 0 Å². The number of hydrogen-bond acceptors (Lipinski definition) is 3. The Hall–Kier alpha value is 0.270. The Morgan fingerprint density at radius 2 is 2.62 bits per heavy atom. The molecular weight excluding hydrogens is 120 g/mol. The van der Waals surface area contributed by atoms with E-state index in [1.54, 1.807) is 11.9 Å². The van der Waals surface area contributed by atoms with Crippen LogP contribution in [0.25, 0.3) is 0 Å². The van der Waals surface area contributed by atoms with Gasteiger partial charge in [-0.25, -0.2) is 0 Å². The highest BCUT2D eigenvalue weighted by atomic mass is 32.2. The lowest BCUT2D eigenvalue weighted by Gasteiger charge is -2.05. The molecule has 2 N–H and O–H groups in total. The van der Waals surface area contributed by atoms with Gasteiger partial charge in [0.05, 0.1) is 0 Å². The van der Waals surface area contributed by atoms with Crippen LogP contribution in [0.1, 0.15) is 6.42 Å². The zero-order valence-corrected chi connectivity index (χ0v) is 5.92. The first-order valence-electron chi connectivity index (χ1n) is 2.92. The van der Waals surface area contributed by atoms with Gasteiger partial charge in [0, 0.05) is 12.6 Å². The zero-order valence-electron chi connectivity index (χ0n) is 5.11. The van der Waals surface area contributed by atoms with Crippen molar-refractivity contribution >= 4 is 11.9 Å². The molecule has 1 fully saturated rings. The molecule has 0 aromatic carbocycles. The van der Waals surface area contributed by atoms with Crippen molar-refractivity contribution < 1.29 is 0 Å². The van der Waals surface area contributed by atoms with E-state index in [-0.39, 0.29) is 0 Å². The summed E-state index contributed by atoms with van der Waals surface area (Å²) in [5.74, 6) is 0. The maximum Gasteiger partial charge on any atom is 0.0308 e. The number of nitrogens with one attached hydrogen (secondary N) is 2. The molecule has 0 radical (unpaired) electrons. The van der Waals surface area contributed by atoms with Crippen molar-refractivity contribution in [1.29, 1.82) is 0 Å². The molecule has 0 spiro atoms. The molecule has 1 rings (SSSR count). The standard InChI is InChI=1S/C5H12N2S/c1-8-7-5-2-3-6-4-5/h5-7H,2-4H2,1H3/t5-/m1/s1. The van der Waals surface area contributed by atoms with Crippen LogP contribution in [0, 0.1) is 0 Å². The second-order valence-corrected chi connectivity index (χ2v) is 2.66. The molecule has 0 aromatic heterocycles. The first-order chi connectivity index (χ1) is 3.93. The van der Waals surface area contributed by atoms with Crippen LogP contribution in [-0.2, 0) is 0 Å². The van der Waals surface area contributed by atoms with Crippen LogP contribution in [-0.4, -0.2) is 25.4 Å². The van der Waals surface area contributed by atoms with Crippen molar-refractivity contribution in [2.24, 2.45) is 0 Å². The third kappa shape index (κ3) is 1.65. The maximum atomic E-state index is 3.30. The van der Waals surface area contributed by atoms with Crippen molar-refractivity contribution in [2.75, 3.05) is 19.3 Å². The molecule has 8 heavy (non-hydrogen) atoms. The van der Waals surface area contributed by atoms with Gasteiger partial charge in [-0.05, 0) is 19.2 Å². The summed E-state index contributed by atoms with van der Waals surface area (Å²) < 4.78 is 3.30. The Kier molecular flexibility index (Phi) is 2.66. The van der Waals surface area contributed by atoms with Crippen LogP contribution in [0.2, 0.25) is 0 Å². The molecular formula is C5H12N2S. The summed E-state index contributed by atoms with van der Waals surface area (Å²) in [5, 5.41) is 3.28. The first-order valence-corrected chi connectivity index (χ1v) is 4.15. The smallest absolute Gasteiger partial charge is 0.0308 e. The molecule has 1 aliphatic rings. The van der Waals surface area contributed by atoms with Crippen LogP contribution in [0.4, 0.5) is 0 Å². The second-order valence-electron chi connectivity index (χ2n) is 2.01. The van der Waals surface area contributed by atoms with E-state index >= 15 is 0 Å². The monoisotopic (exact) mass is 132 g/mol. The van der Waals surface area contributed by atoms with Gasteiger partial charge in [-0.3, -0.25) is 4.72 Å². The SMILES string of the molecule is CSN[C@@H]1CCNC1. The minimum atomic E-state index is 0.713. The van der Waals surface area contributed by atoms with Gasteiger partial charge in [-0.1, -0.05) is 11.9 Å². The molecule has 1 aliphatic heterocycles. The topological polar surface area (TPSA) is 24.1 Å². The molecule has 48 valence electrons.